The second-order valence-corrected chi connectivity index (χ2v) is 3.23. The maximum Gasteiger partial charge on any atom is 0.112 e. The lowest BCUT2D eigenvalue weighted by Crippen LogP contribution is -2.36. The Kier molecular flexibility index (Phi) is 1.17. The molecule has 0 aliphatic heterocycles. The van der Waals surface area contributed by atoms with Crippen molar-refractivity contribution in [3.8, 4) is 0 Å². The van der Waals surface area contributed by atoms with Gasteiger partial charge in [0.15, 0.2) is 0 Å². The van der Waals surface area contributed by atoms with Gasteiger partial charge in [0.25, 0.3) is 0 Å². The predicted molar refractivity (Wildman–Crippen MR) is 37.6 cm³/mol. The molecule has 1 fully saturated rings. The molecule has 3 unspecified atom stereocenters. The quantitative estimate of drug-likeness (QED) is 0.543. The lowest BCUT2D eigenvalue weighted by molar-refractivity contribution is -0.0473. The molecule has 0 radical (unpaired) electrons. The third-order valence-electron chi connectivity index (χ3n) is 2.70. The zero-order valence-corrected chi connectivity index (χ0v) is 6.08. The molecular weight excluding hydrogens is 128 g/mol. The van der Waals surface area contributed by atoms with Crippen LogP contribution in [0.3, 0.4) is 0 Å². The molecule has 0 aromatic heterocycles. The molecule has 0 amide bonds. The van der Waals surface area contributed by atoms with Crippen molar-refractivity contribution in [2.75, 3.05) is 7.11 Å². The first kappa shape index (κ1) is 6.38. The van der Waals surface area contributed by atoms with Crippen LogP contribution >= 0.6 is 0 Å². The third kappa shape index (κ3) is 0.607. The predicted octanol–water partition coefficient (Wildman–Crippen LogP) is 0.712. The Bertz CT molecular complexity index is 176. The first-order valence-electron chi connectivity index (χ1n) is 3.69. The average molecular weight is 140 g/mol. The van der Waals surface area contributed by atoms with Gasteiger partial charge in [-0.2, -0.15) is 0 Å². The molecule has 0 saturated heterocycles. The van der Waals surface area contributed by atoms with E-state index in [0.717, 1.165) is 12.8 Å². The lowest BCUT2D eigenvalue weighted by Gasteiger charge is -2.26. The fourth-order valence-corrected chi connectivity index (χ4v) is 2.03. The summed E-state index contributed by atoms with van der Waals surface area (Å²) in [4.78, 5) is 0. The van der Waals surface area contributed by atoms with Crippen LogP contribution in [0.2, 0.25) is 0 Å². The van der Waals surface area contributed by atoms with Crippen LogP contribution in [0.25, 0.3) is 0 Å². The minimum atomic E-state index is -0.315. The number of ether oxygens (including phenoxy) is 1. The summed E-state index contributed by atoms with van der Waals surface area (Å²) in [5.41, 5.74) is -0.315. The van der Waals surface area contributed by atoms with Crippen LogP contribution in [0.5, 0.6) is 0 Å². The Morgan fingerprint density at radius 3 is 2.80 bits per heavy atom. The zero-order chi connectivity index (χ0) is 7.19. The zero-order valence-electron chi connectivity index (χ0n) is 6.08. The van der Waals surface area contributed by atoms with Crippen molar-refractivity contribution in [3.63, 3.8) is 0 Å². The Labute approximate surface area is 60.5 Å². The van der Waals surface area contributed by atoms with E-state index in [1.807, 2.05) is 6.08 Å². The minimum absolute atomic E-state index is 0.271. The molecule has 2 heteroatoms. The van der Waals surface area contributed by atoms with Gasteiger partial charge in [-0.1, -0.05) is 12.2 Å². The molecule has 1 saturated carbocycles. The van der Waals surface area contributed by atoms with E-state index in [9.17, 15) is 5.11 Å². The standard InChI is InChI=1S/C8H12O2/c1-10-8-3-2-6(5-8)4-7(8)9/h2-3,6-7,9H,4-5H2,1H3. The number of hydrogen-bond donors (Lipinski definition) is 1. The van der Waals surface area contributed by atoms with Crippen molar-refractivity contribution in [3.05, 3.63) is 12.2 Å². The summed E-state index contributed by atoms with van der Waals surface area (Å²) in [6.45, 7) is 0. The summed E-state index contributed by atoms with van der Waals surface area (Å²) in [6, 6.07) is 0. The molecule has 0 spiro atoms. The van der Waals surface area contributed by atoms with Gasteiger partial charge in [0.1, 0.15) is 5.60 Å². The fourth-order valence-electron chi connectivity index (χ4n) is 2.03. The van der Waals surface area contributed by atoms with Gasteiger partial charge in [-0.3, -0.25) is 0 Å². The van der Waals surface area contributed by atoms with Gasteiger partial charge in [0, 0.05) is 7.11 Å². The second-order valence-electron chi connectivity index (χ2n) is 3.23. The van der Waals surface area contributed by atoms with E-state index in [1.54, 1.807) is 7.11 Å². The summed E-state index contributed by atoms with van der Waals surface area (Å²) in [5, 5.41) is 9.49. The van der Waals surface area contributed by atoms with Gasteiger partial charge in [-0.25, -0.2) is 0 Å². The van der Waals surface area contributed by atoms with Crippen LogP contribution in [0, 0.1) is 5.92 Å². The van der Waals surface area contributed by atoms with E-state index in [0.29, 0.717) is 5.92 Å². The molecule has 0 aromatic rings. The SMILES string of the molecule is COC12C=CC(CC1O)C2. The van der Waals surface area contributed by atoms with Crippen molar-refractivity contribution in [2.24, 2.45) is 5.92 Å². The highest BCUT2D eigenvalue weighted by atomic mass is 16.5. The summed E-state index contributed by atoms with van der Waals surface area (Å²) in [6.07, 6.45) is 5.74. The number of hydrogen-bond acceptors (Lipinski definition) is 2. The largest absolute Gasteiger partial charge is 0.390 e. The molecule has 0 heterocycles. The highest BCUT2D eigenvalue weighted by molar-refractivity contribution is 5.21. The van der Waals surface area contributed by atoms with Crippen molar-refractivity contribution in [1.82, 2.24) is 0 Å². The summed E-state index contributed by atoms with van der Waals surface area (Å²) >= 11 is 0. The number of allylic oxidation sites excluding steroid dienone is 1. The van der Waals surface area contributed by atoms with Gasteiger partial charge in [0.05, 0.1) is 6.10 Å². The minimum Gasteiger partial charge on any atom is -0.390 e. The highest BCUT2D eigenvalue weighted by Gasteiger charge is 2.48. The monoisotopic (exact) mass is 140 g/mol. The van der Waals surface area contributed by atoms with Crippen LogP contribution in [0.4, 0.5) is 0 Å². The molecule has 56 valence electrons. The average Bonchev–Trinajstić information content (AvgIpc) is 2.44. The first-order chi connectivity index (χ1) is 4.77. The van der Waals surface area contributed by atoms with E-state index in [1.165, 1.54) is 0 Å². The molecule has 2 rings (SSSR count). The van der Waals surface area contributed by atoms with Gasteiger partial charge in [-0.15, -0.1) is 0 Å². The first-order valence-corrected chi connectivity index (χ1v) is 3.69. The fraction of sp³-hybridized carbons (Fsp3) is 0.750. The molecule has 2 aliphatic carbocycles. The van der Waals surface area contributed by atoms with Crippen molar-refractivity contribution < 1.29 is 9.84 Å². The molecule has 2 bridgehead atoms. The van der Waals surface area contributed by atoms with E-state index in [2.05, 4.69) is 6.08 Å². The number of methoxy groups -OCH3 is 1. The molecule has 3 atom stereocenters. The van der Waals surface area contributed by atoms with Crippen LogP contribution in [-0.2, 0) is 4.74 Å². The van der Waals surface area contributed by atoms with Gasteiger partial charge in [-0.05, 0) is 18.8 Å². The Morgan fingerprint density at radius 1 is 1.70 bits per heavy atom. The molecule has 0 aromatic carbocycles. The van der Waals surface area contributed by atoms with E-state index >= 15 is 0 Å². The number of rotatable bonds is 1. The van der Waals surface area contributed by atoms with Crippen molar-refractivity contribution in [1.29, 1.82) is 0 Å². The summed E-state index contributed by atoms with van der Waals surface area (Å²) in [7, 11) is 1.67. The van der Waals surface area contributed by atoms with E-state index in [4.69, 9.17) is 4.74 Å². The van der Waals surface area contributed by atoms with Gasteiger partial charge in [0.2, 0.25) is 0 Å². The number of fused-ring (bicyclic) bond motifs is 2. The van der Waals surface area contributed by atoms with Crippen LogP contribution in [0.15, 0.2) is 12.2 Å². The molecular formula is C8H12O2. The Hall–Kier alpha value is -0.340. The molecule has 1 N–H and O–H groups in total. The third-order valence-corrected chi connectivity index (χ3v) is 2.70. The molecule has 10 heavy (non-hydrogen) atoms. The highest BCUT2D eigenvalue weighted by Crippen LogP contribution is 2.44. The van der Waals surface area contributed by atoms with Crippen LogP contribution in [-0.4, -0.2) is 23.9 Å². The maximum atomic E-state index is 9.49. The van der Waals surface area contributed by atoms with Gasteiger partial charge >= 0.3 is 0 Å². The maximum absolute atomic E-state index is 9.49. The normalized spacial score (nSPS) is 50.6. The summed E-state index contributed by atoms with van der Waals surface area (Å²) in [5.74, 6) is 0.565. The number of aliphatic hydroxyl groups excluding tert-OH is 1. The van der Waals surface area contributed by atoms with E-state index in [-0.39, 0.29) is 11.7 Å². The van der Waals surface area contributed by atoms with Crippen molar-refractivity contribution >= 4 is 0 Å². The smallest absolute Gasteiger partial charge is 0.112 e. The lowest BCUT2D eigenvalue weighted by atomic mass is 10.0. The molecule has 2 aliphatic rings. The van der Waals surface area contributed by atoms with Crippen LogP contribution in [0.1, 0.15) is 12.8 Å². The molecule has 2 nitrogen and oxygen atoms in total. The van der Waals surface area contributed by atoms with Crippen LogP contribution < -0.4 is 0 Å². The van der Waals surface area contributed by atoms with Gasteiger partial charge < -0.3 is 9.84 Å². The Balaban J connectivity index is 2.28. The number of aliphatic hydroxyl groups is 1. The Morgan fingerprint density at radius 2 is 2.50 bits per heavy atom. The summed E-state index contributed by atoms with van der Waals surface area (Å²) < 4.78 is 5.27. The van der Waals surface area contributed by atoms with Crippen molar-refractivity contribution in [2.45, 2.75) is 24.5 Å². The van der Waals surface area contributed by atoms with E-state index < -0.39 is 0 Å². The topological polar surface area (TPSA) is 29.5 Å². The second kappa shape index (κ2) is 1.83.